The Morgan fingerprint density at radius 2 is 2.42 bits per heavy atom. The summed E-state index contributed by atoms with van der Waals surface area (Å²) in [5.74, 6) is 0.744. The monoisotopic (exact) mass is 168 g/mol. The van der Waals surface area contributed by atoms with Crippen LogP contribution in [-0.4, -0.2) is 11.2 Å². The molecule has 12 heavy (non-hydrogen) atoms. The van der Waals surface area contributed by atoms with E-state index in [1.807, 2.05) is 6.92 Å². The number of aliphatic hydroxyl groups excluding tert-OH is 1. The summed E-state index contributed by atoms with van der Waals surface area (Å²) in [5.41, 5.74) is 1.54. The molecule has 0 saturated carbocycles. The summed E-state index contributed by atoms with van der Waals surface area (Å²) in [5, 5.41) is 9.13. The van der Waals surface area contributed by atoms with Crippen molar-refractivity contribution in [1.82, 2.24) is 0 Å². The lowest BCUT2D eigenvalue weighted by atomic mass is 9.87. The highest BCUT2D eigenvalue weighted by Crippen LogP contribution is 2.26. The normalized spacial score (nSPS) is 26.6. The van der Waals surface area contributed by atoms with Gasteiger partial charge in [-0.25, -0.2) is 0 Å². The van der Waals surface area contributed by atoms with Crippen LogP contribution in [0, 0.1) is 5.92 Å². The molecule has 0 radical (unpaired) electrons. The van der Waals surface area contributed by atoms with Gasteiger partial charge < -0.3 is 5.11 Å². The van der Waals surface area contributed by atoms with Gasteiger partial charge >= 0.3 is 0 Å². The molecule has 1 nitrogen and oxygen atoms in total. The second-order valence-corrected chi connectivity index (χ2v) is 4.09. The molecule has 0 heterocycles. The summed E-state index contributed by atoms with van der Waals surface area (Å²) < 4.78 is 0. The number of allylic oxidation sites excluding steroid dienone is 2. The largest absolute Gasteiger partial charge is 0.393 e. The van der Waals surface area contributed by atoms with E-state index in [-0.39, 0.29) is 6.10 Å². The minimum atomic E-state index is -0.124. The first-order valence-corrected chi connectivity index (χ1v) is 5.04. The number of hydrogen-bond acceptors (Lipinski definition) is 1. The third-order valence-corrected chi connectivity index (χ3v) is 2.62. The summed E-state index contributed by atoms with van der Waals surface area (Å²) in [6.45, 7) is 4.09. The minimum Gasteiger partial charge on any atom is -0.393 e. The predicted octanol–water partition coefficient (Wildman–Crippen LogP) is 2.89. The molecule has 2 unspecified atom stereocenters. The first-order chi connectivity index (χ1) is 5.68. The van der Waals surface area contributed by atoms with Crippen molar-refractivity contribution >= 4 is 0 Å². The van der Waals surface area contributed by atoms with Gasteiger partial charge in [0.25, 0.3) is 0 Å². The van der Waals surface area contributed by atoms with Crippen LogP contribution in [0.4, 0.5) is 0 Å². The Labute approximate surface area is 75.5 Å². The molecule has 0 spiro atoms. The lowest BCUT2D eigenvalue weighted by Crippen LogP contribution is -2.07. The summed E-state index contributed by atoms with van der Waals surface area (Å²) in [6.07, 6.45) is 8.33. The van der Waals surface area contributed by atoms with Gasteiger partial charge in [-0.3, -0.25) is 0 Å². The fourth-order valence-electron chi connectivity index (χ4n) is 1.90. The molecule has 1 rings (SSSR count). The highest BCUT2D eigenvalue weighted by atomic mass is 16.3. The second kappa shape index (κ2) is 4.66. The highest BCUT2D eigenvalue weighted by Gasteiger charge is 2.11. The average molecular weight is 168 g/mol. The van der Waals surface area contributed by atoms with Crippen molar-refractivity contribution in [3.8, 4) is 0 Å². The van der Waals surface area contributed by atoms with E-state index < -0.39 is 0 Å². The molecule has 1 aliphatic rings. The van der Waals surface area contributed by atoms with Crippen molar-refractivity contribution in [2.24, 2.45) is 5.92 Å². The third kappa shape index (κ3) is 3.40. The molecular formula is C11H20O. The molecule has 1 aliphatic carbocycles. The van der Waals surface area contributed by atoms with Crippen molar-refractivity contribution in [2.75, 3.05) is 0 Å². The Hall–Kier alpha value is -0.300. The van der Waals surface area contributed by atoms with Crippen LogP contribution in [0.1, 0.15) is 46.0 Å². The Balaban J connectivity index is 2.27. The topological polar surface area (TPSA) is 20.2 Å². The van der Waals surface area contributed by atoms with Crippen LogP contribution in [0.3, 0.4) is 0 Å². The first kappa shape index (κ1) is 9.79. The van der Waals surface area contributed by atoms with E-state index in [0.29, 0.717) is 0 Å². The van der Waals surface area contributed by atoms with Crippen LogP contribution in [-0.2, 0) is 0 Å². The molecule has 1 N–H and O–H groups in total. The number of aliphatic hydroxyl groups is 1. The fourth-order valence-corrected chi connectivity index (χ4v) is 1.90. The molecule has 0 amide bonds. The molecule has 0 saturated heterocycles. The molecule has 1 heteroatoms. The van der Waals surface area contributed by atoms with E-state index in [9.17, 15) is 0 Å². The van der Waals surface area contributed by atoms with Gasteiger partial charge in [-0.1, -0.05) is 11.6 Å². The Bertz CT molecular complexity index is 158. The Kier molecular flexibility index (Phi) is 3.80. The molecule has 0 aliphatic heterocycles. The molecule has 70 valence electrons. The van der Waals surface area contributed by atoms with E-state index in [0.717, 1.165) is 18.8 Å². The minimum absolute atomic E-state index is 0.124. The zero-order valence-electron chi connectivity index (χ0n) is 8.21. The number of hydrogen-bond donors (Lipinski definition) is 1. The summed E-state index contributed by atoms with van der Waals surface area (Å²) in [4.78, 5) is 0. The van der Waals surface area contributed by atoms with E-state index in [1.165, 1.54) is 24.8 Å². The lowest BCUT2D eigenvalue weighted by Gasteiger charge is -2.19. The maximum atomic E-state index is 9.13. The molecule has 0 fully saturated rings. The van der Waals surface area contributed by atoms with Crippen LogP contribution >= 0.6 is 0 Å². The van der Waals surface area contributed by atoms with E-state index in [2.05, 4.69) is 13.0 Å². The van der Waals surface area contributed by atoms with E-state index in [4.69, 9.17) is 5.11 Å². The van der Waals surface area contributed by atoms with Crippen LogP contribution < -0.4 is 0 Å². The summed E-state index contributed by atoms with van der Waals surface area (Å²) in [6, 6.07) is 0. The van der Waals surface area contributed by atoms with Gasteiger partial charge in [0.2, 0.25) is 0 Å². The van der Waals surface area contributed by atoms with E-state index in [1.54, 1.807) is 0 Å². The fraction of sp³-hybridized carbons (Fsp3) is 0.818. The van der Waals surface area contributed by atoms with Crippen LogP contribution in [0.2, 0.25) is 0 Å². The van der Waals surface area contributed by atoms with Crippen molar-refractivity contribution < 1.29 is 5.11 Å². The summed E-state index contributed by atoms with van der Waals surface area (Å²) in [7, 11) is 0. The third-order valence-electron chi connectivity index (χ3n) is 2.62. The SMILES string of the molecule is CC1=CC(CCC(C)O)CCC1. The first-order valence-electron chi connectivity index (χ1n) is 5.04. The van der Waals surface area contributed by atoms with Gasteiger partial charge in [0.15, 0.2) is 0 Å². The molecule has 0 aromatic heterocycles. The van der Waals surface area contributed by atoms with Crippen molar-refractivity contribution in [3.05, 3.63) is 11.6 Å². The quantitative estimate of drug-likeness (QED) is 0.642. The van der Waals surface area contributed by atoms with Gasteiger partial charge in [0, 0.05) is 0 Å². The molecule has 0 aromatic carbocycles. The van der Waals surface area contributed by atoms with Gasteiger partial charge in [-0.15, -0.1) is 0 Å². The second-order valence-electron chi connectivity index (χ2n) is 4.09. The summed E-state index contributed by atoms with van der Waals surface area (Å²) >= 11 is 0. The van der Waals surface area contributed by atoms with E-state index >= 15 is 0 Å². The van der Waals surface area contributed by atoms with Crippen molar-refractivity contribution in [3.63, 3.8) is 0 Å². The predicted molar refractivity (Wildman–Crippen MR) is 52.0 cm³/mol. The number of rotatable bonds is 3. The van der Waals surface area contributed by atoms with Gasteiger partial charge in [-0.2, -0.15) is 0 Å². The molecule has 0 bridgehead atoms. The Morgan fingerprint density at radius 1 is 1.67 bits per heavy atom. The van der Waals surface area contributed by atoms with Gasteiger partial charge in [0.1, 0.15) is 0 Å². The van der Waals surface area contributed by atoms with Crippen LogP contribution in [0.5, 0.6) is 0 Å². The molecule has 2 atom stereocenters. The average Bonchev–Trinajstić information content (AvgIpc) is 2.01. The molecular weight excluding hydrogens is 148 g/mol. The maximum Gasteiger partial charge on any atom is 0.0512 e. The van der Waals surface area contributed by atoms with Gasteiger partial charge in [-0.05, 0) is 51.9 Å². The van der Waals surface area contributed by atoms with Crippen LogP contribution in [0.25, 0.3) is 0 Å². The Morgan fingerprint density at radius 3 is 3.00 bits per heavy atom. The van der Waals surface area contributed by atoms with Crippen molar-refractivity contribution in [1.29, 1.82) is 0 Å². The smallest absolute Gasteiger partial charge is 0.0512 e. The highest BCUT2D eigenvalue weighted by molar-refractivity contribution is 5.04. The maximum absolute atomic E-state index is 9.13. The zero-order valence-corrected chi connectivity index (χ0v) is 8.21. The zero-order chi connectivity index (χ0) is 8.97. The lowest BCUT2D eigenvalue weighted by molar-refractivity contribution is 0.175. The molecule has 0 aromatic rings. The van der Waals surface area contributed by atoms with Crippen molar-refractivity contribution in [2.45, 2.75) is 52.1 Å². The van der Waals surface area contributed by atoms with Crippen LogP contribution in [0.15, 0.2) is 11.6 Å². The van der Waals surface area contributed by atoms with Gasteiger partial charge in [0.05, 0.1) is 6.10 Å². The standard InChI is InChI=1S/C11H20O/c1-9-4-3-5-11(8-9)7-6-10(2)12/h8,10-12H,3-7H2,1-2H3.